The normalized spacial score (nSPS) is 15.2. The summed E-state index contributed by atoms with van der Waals surface area (Å²) in [5, 5.41) is 0. The van der Waals surface area contributed by atoms with Crippen molar-refractivity contribution in [2.24, 2.45) is 13.0 Å². The van der Waals surface area contributed by atoms with Crippen LogP contribution in [0.15, 0.2) is 6.33 Å². The molecule has 3 rings (SSSR count). The van der Waals surface area contributed by atoms with E-state index in [1.807, 2.05) is 32.4 Å². The molecule has 150 valence electrons. The van der Waals surface area contributed by atoms with Crippen LogP contribution in [0.1, 0.15) is 58.4 Å². The summed E-state index contributed by atoms with van der Waals surface area (Å²) in [6.07, 6.45) is 7.20. The van der Waals surface area contributed by atoms with Crippen molar-refractivity contribution in [2.75, 3.05) is 17.7 Å². The van der Waals surface area contributed by atoms with E-state index in [1.165, 1.54) is 24.2 Å². The molecule has 1 aliphatic carbocycles. The van der Waals surface area contributed by atoms with Crippen molar-refractivity contribution in [2.45, 2.75) is 58.5 Å². The summed E-state index contributed by atoms with van der Waals surface area (Å²) in [5.74, 6) is 7.69. The Balaban J connectivity index is 2.02. The van der Waals surface area contributed by atoms with Crippen molar-refractivity contribution in [3.05, 3.63) is 11.9 Å². The van der Waals surface area contributed by atoms with Crippen LogP contribution in [0.4, 0.5) is 16.4 Å². The minimum atomic E-state index is -0.606. The fraction of sp³-hybridized carbons (Fsp3) is 0.571. The molecule has 0 saturated heterocycles. The van der Waals surface area contributed by atoms with Crippen LogP contribution in [0.25, 0.3) is 11.0 Å². The Morgan fingerprint density at radius 3 is 2.64 bits per heavy atom. The van der Waals surface area contributed by atoms with Gasteiger partial charge in [-0.25, -0.2) is 14.8 Å². The Morgan fingerprint density at radius 2 is 2.00 bits per heavy atom. The summed E-state index contributed by atoms with van der Waals surface area (Å²) in [6.45, 7) is 5.46. The van der Waals surface area contributed by atoms with E-state index >= 15 is 0 Å². The molecule has 2 N–H and O–H groups in total. The van der Waals surface area contributed by atoms with Crippen LogP contribution in [0.3, 0.4) is 0 Å². The van der Waals surface area contributed by atoms with Crippen molar-refractivity contribution >= 4 is 28.8 Å². The summed E-state index contributed by atoms with van der Waals surface area (Å²) >= 11 is 0. The monoisotopic (exact) mass is 383 g/mol. The summed E-state index contributed by atoms with van der Waals surface area (Å²) in [4.78, 5) is 22.7. The first-order valence-corrected chi connectivity index (χ1v) is 9.76. The summed E-state index contributed by atoms with van der Waals surface area (Å²) in [7, 11) is 3.50. The number of carbonyl (C=O) groups is 1. The molecule has 0 unspecified atom stereocenters. The van der Waals surface area contributed by atoms with Crippen LogP contribution < -0.4 is 10.6 Å². The number of aromatic nitrogens is 3. The molecule has 0 radical (unpaired) electrons. The number of hydrogen-bond donors (Lipinski definition) is 1. The number of imidazole rings is 1. The number of ether oxygens (including phenoxy) is 1. The second-order valence-electron chi connectivity index (χ2n) is 8.39. The molecule has 1 aliphatic rings. The number of aryl methyl sites for hydroxylation is 1. The van der Waals surface area contributed by atoms with E-state index in [4.69, 9.17) is 10.5 Å². The number of rotatable bonds is 1. The van der Waals surface area contributed by atoms with Crippen molar-refractivity contribution in [3.63, 3.8) is 0 Å². The zero-order chi connectivity index (χ0) is 20.5. The van der Waals surface area contributed by atoms with E-state index in [2.05, 4.69) is 21.8 Å². The predicted molar refractivity (Wildman–Crippen MR) is 111 cm³/mol. The first-order chi connectivity index (χ1) is 13.2. The van der Waals surface area contributed by atoms with Gasteiger partial charge >= 0.3 is 6.09 Å². The van der Waals surface area contributed by atoms with Gasteiger partial charge in [0.15, 0.2) is 5.82 Å². The largest absolute Gasteiger partial charge is 0.443 e. The SMILES string of the molecule is CN(C(=O)OC(C)(C)C)c1nc(N)c(C#CC2CCCCC2)c2c1ncn2C. The number of nitrogens with two attached hydrogens (primary N) is 1. The molecule has 0 bridgehead atoms. The predicted octanol–water partition coefficient (Wildman–Crippen LogP) is 3.85. The molecule has 0 aromatic carbocycles. The number of nitrogen functional groups attached to an aromatic ring is 1. The standard InChI is InChI=1S/C21H29N5O2/c1-21(2,3)28-20(27)26(5)19-16-17(25(4)13-23-16)15(18(22)24-19)12-11-14-9-7-6-8-10-14/h13-14H,6-10H2,1-5H3,(H2,22,24). The third-order valence-electron chi connectivity index (χ3n) is 4.86. The highest BCUT2D eigenvalue weighted by Crippen LogP contribution is 2.30. The molecule has 0 atom stereocenters. The maximum Gasteiger partial charge on any atom is 0.415 e. The number of nitrogens with zero attached hydrogens (tertiary/aromatic N) is 4. The van der Waals surface area contributed by atoms with Gasteiger partial charge in [-0.3, -0.25) is 4.90 Å². The minimum absolute atomic E-state index is 0.296. The molecule has 2 aromatic rings. The van der Waals surface area contributed by atoms with E-state index in [9.17, 15) is 4.79 Å². The van der Waals surface area contributed by atoms with Gasteiger partial charge in [0.2, 0.25) is 0 Å². The molecule has 2 aromatic heterocycles. The third kappa shape index (κ3) is 4.22. The topological polar surface area (TPSA) is 86.3 Å². The van der Waals surface area contributed by atoms with Crippen molar-refractivity contribution in [3.8, 4) is 11.8 Å². The molecule has 28 heavy (non-hydrogen) atoms. The molecule has 0 spiro atoms. The zero-order valence-electron chi connectivity index (χ0n) is 17.4. The van der Waals surface area contributed by atoms with E-state index in [0.717, 1.165) is 18.4 Å². The van der Waals surface area contributed by atoms with Crippen LogP contribution >= 0.6 is 0 Å². The van der Waals surface area contributed by atoms with E-state index in [-0.39, 0.29) is 0 Å². The van der Waals surface area contributed by atoms with E-state index in [1.54, 1.807) is 13.4 Å². The van der Waals surface area contributed by atoms with Crippen LogP contribution in [0, 0.1) is 17.8 Å². The third-order valence-corrected chi connectivity index (χ3v) is 4.86. The van der Waals surface area contributed by atoms with Gasteiger partial charge in [-0.2, -0.15) is 0 Å². The minimum Gasteiger partial charge on any atom is -0.443 e. The van der Waals surface area contributed by atoms with E-state index < -0.39 is 11.7 Å². The molecule has 0 aliphatic heterocycles. The van der Waals surface area contributed by atoms with Crippen LogP contribution in [-0.4, -0.2) is 33.3 Å². The first kappa shape index (κ1) is 20.0. The number of fused-ring (bicyclic) bond motifs is 1. The fourth-order valence-corrected chi connectivity index (χ4v) is 3.43. The maximum absolute atomic E-state index is 12.5. The van der Waals surface area contributed by atoms with E-state index in [0.29, 0.717) is 28.6 Å². The quantitative estimate of drug-likeness (QED) is 0.756. The number of amides is 1. The first-order valence-electron chi connectivity index (χ1n) is 9.76. The highest BCUT2D eigenvalue weighted by Gasteiger charge is 2.25. The second-order valence-corrected chi connectivity index (χ2v) is 8.39. The van der Waals surface area contributed by atoms with Crippen molar-refractivity contribution < 1.29 is 9.53 Å². The van der Waals surface area contributed by atoms with Gasteiger partial charge in [-0.15, -0.1) is 0 Å². The van der Waals surface area contributed by atoms with Gasteiger partial charge in [-0.05, 0) is 33.6 Å². The zero-order valence-corrected chi connectivity index (χ0v) is 17.4. The Hall–Kier alpha value is -2.75. The van der Waals surface area contributed by atoms with Gasteiger partial charge < -0.3 is 15.0 Å². The van der Waals surface area contributed by atoms with Crippen LogP contribution in [0.2, 0.25) is 0 Å². The Morgan fingerprint density at radius 1 is 1.32 bits per heavy atom. The smallest absolute Gasteiger partial charge is 0.415 e. The average Bonchev–Trinajstić information content (AvgIpc) is 3.01. The Labute approximate surface area is 166 Å². The molecule has 1 fully saturated rings. The Kier molecular flexibility index (Phi) is 5.50. The lowest BCUT2D eigenvalue weighted by molar-refractivity contribution is 0.0588. The number of carbonyl (C=O) groups excluding carboxylic acids is 1. The van der Waals surface area contributed by atoms with Gasteiger partial charge in [0, 0.05) is 20.0 Å². The molecule has 1 saturated carbocycles. The summed E-state index contributed by atoms with van der Waals surface area (Å²) < 4.78 is 7.32. The lowest BCUT2D eigenvalue weighted by Gasteiger charge is -2.24. The van der Waals surface area contributed by atoms with Gasteiger partial charge in [0.05, 0.1) is 17.4 Å². The molecular weight excluding hydrogens is 354 g/mol. The van der Waals surface area contributed by atoms with Crippen molar-refractivity contribution in [1.82, 2.24) is 14.5 Å². The molecular formula is C21H29N5O2. The van der Waals surface area contributed by atoms with Crippen LogP contribution in [-0.2, 0) is 11.8 Å². The Bertz CT molecular complexity index is 940. The lowest BCUT2D eigenvalue weighted by atomic mass is 9.89. The van der Waals surface area contributed by atoms with Gasteiger partial charge in [0.25, 0.3) is 0 Å². The number of hydrogen-bond acceptors (Lipinski definition) is 5. The molecule has 2 heterocycles. The van der Waals surface area contributed by atoms with Crippen LogP contribution in [0.5, 0.6) is 0 Å². The number of pyridine rings is 1. The second kappa shape index (κ2) is 7.70. The summed E-state index contributed by atoms with van der Waals surface area (Å²) in [6, 6.07) is 0. The van der Waals surface area contributed by atoms with Gasteiger partial charge in [0.1, 0.15) is 16.9 Å². The lowest BCUT2D eigenvalue weighted by Crippen LogP contribution is -2.34. The highest BCUT2D eigenvalue weighted by atomic mass is 16.6. The fourth-order valence-electron chi connectivity index (χ4n) is 3.43. The molecule has 1 amide bonds. The van der Waals surface area contributed by atoms with Crippen molar-refractivity contribution in [1.29, 1.82) is 0 Å². The maximum atomic E-state index is 12.5. The summed E-state index contributed by atoms with van der Waals surface area (Å²) in [5.41, 5.74) is 7.69. The van der Waals surface area contributed by atoms with Gasteiger partial charge in [-0.1, -0.05) is 31.1 Å². The molecule has 7 nitrogen and oxygen atoms in total. The molecule has 7 heteroatoms. The highest BCUT2D eigenvalue weighted by molar-refractivity contribution is 6.00. The number of anilines is 2. The average molecular weight is 383 g/mol.